The molecule has 8 nitrogen and oxygen atoms in total. The lowest BCUT2D eigenvalue weighted by molar-refractivity contribution is -0.116. The average molecular weight is 419 g/mol. The molecular weight excluding hydrogens is 400 g/mol. The minimum atomic E-state index is -0.643. The van der Waals surface area contributed by atoms with Crippen LogP contribution in [0.3, 0.4) is 0 Å². The number of thiophene rings is 2. The van der Waals surface area contributed by atoms with Crippen molar-refractivity contribution >= 4 is 49.7 Å². The zero-order valence-corrected chi connectivity index (χ0v) is 16.7. The largest absolute Gasteiger partial charge is 0.365 e. The number of nitrogens with two attached hydrogens (primary N) is 1. The third-order valence-electron chi connectivity index (χ3n) is 4.77. The molecule has 146 valence electrons. The molecule has 0 saturated carbocycles. The number of rotatable bonds is 4. The molecule has 0 spiro atoms. The Labute approximate surface area is 167 Å². The molecule has 0 unspecified atom stereocenters. The quantitative estimate of drug-likeness (QED) is 0.596. The van der Waals surface area contributed by atoms with Gasteiger partial charge in [-0.3, -0.25) is 23.9 Å². The first kappa shape index (κ1) is 18.6. The van der Waals surface area contributed by atoms with Crippen LogP contribution in [-0.4, -0.2) is 21.4 Å². The monoisotopic (exact) mass is 418 g/mol. The normalized spacial score (nSPS) is 13.5. The number of aromatic nitrogens is 2. The first-order chi connectivity index (χ1) is 13.3. The van der Waals surface area contributed by atoms with E-state index >= 15 is 0 Å². The first-order valence-corrected chi connectivity index (χ1v) is 10.5. The maximum Gasteiger partial charge on any atom is 0.329 e. The van der Waals surface area contributed by atoms with Crippen molar-refractivity contribution in [3.8, 4) is 0 Å². The summed E-state index contributed by atoms with van der Waals surface area (Å²) >= 11 is 2.65. The molecule has 3 heterocycles. The number of anilines is 1. The summed E-state index contributed by atoms with van der Waals surface area (Å²) in [5.41, 5.74) is 5.63. The van der Waals surface area contributed by atoms with Crippen LogP contribution in [0.5, 0.6) is 0 Å². The fourth-order valence-corrected chi connectivity index (χ4v) is 5.74. The Morgan fingerprint density at radius 2 is 2.00 bits per heavy atom. The summed E-state index contributed by atoms with van der Waals surface area (Å²) in [7, 11) is 0. The standard InChI is InChI=1S/C18H18N4O4S2/c1-8-6-10-15(27-8)21-18(26)22(17(10)25)7-12(23)20-16-13(14(19)24)9-4-2-3-5-11(9)28-16/h6H,2-5,7H2,1H3,(H2,19,24)(H,20,23)(H,21,26). The summed E-state index contributed by atoms with van der Waals surface area (Å²) < 4.78 is 0.862. The minimum Gasteiger partial charge on any atom is -0.365 e. The Bertz CT molecular complexity index is 1230. The highest BCUT2D eigenvalue weighted by Gasteiger charge is 2.25. The predicted octanol–water partition coefficient (Wildman–Crippen LogP) is 1.74. The summed E-state index contributed by atoms with van der Waals surface area (Å²) in [5, 5.41) is 3.44. The Morgan fingerprint density at radius 1 is 1.25 bits per heavy atom. The summed E-state index contributed by atoms with van der Waals surface area (Å²) in [4.78, 5) is 54.4. The molecule has 0 atom stereocenters. The van der Waals surface area contributed by atoms with Crippen molar-refractivity contribution in [3.05, 3.63) is 47.8 Å². The topological polar surface area (TPSA) is 127 Å². The number of aromatic amines is 1. The van der Waals surface area contributed by atoms with Crippen LogP contribution in [0.1, 0.15) is 38.5 Å². The van der Waals surface area contributed by atoms with Gasteiger partial charge in [-0.15, -0.1) is 22.7 Å². The number of nitrogens with zero attached hydrogens (tertiary/aromatic N) is 1. The van der Waals surface area contributed by atoms with Crippen molar-refractivity contribution in [1.29, 1.82) is 0 Å². The van der Waals surface area contributed by atoms with Gasteiger partial charge in [0.15, 0.2) is 0 Å². The zero-order valence-electron chi connectivity index (χ0n) is 15.1. The fraction of sp³-hybridized carbons (Fsp3) is 0.333. The number of hydrogen-bond donors (Lipinski definition) is 3. The SMILES string of the molecule is Cc1cc2c(=O)n(CC(=O)Nc3sc4c(c3C(N)=O)CCCC4)c(=O)[nH]c2s1. The Hall–Kier alpha value is -2.72. The first-order valence-electron chi connectivity index (χ1n) is 8.82. The number of primary amides is 1. The number of H-pyrrole nitrogens is 1. The van der Waals surface area contributed by atoms with Gasteiger partial charge < -0.3 is 11.1 Å². The van der Waals surface area contributed by atoms with Gasteiger partial charge in [0, 0.05) is 9.75 Å². The van der Waals surface area contributed by atoms with Crippen molar-refractivity contribution in [2.45, 2.75) is 39.2 Å². The van der Waals surface area contributed by atoms with E-state index in [1.54, 1.807) is 6.07 Å². The van der Waals surface area contributed by atoms with Gasteiger partial charge in [-0.05, 0) is 44.2 Å². The van der Waals surface area contributed by atoms with Crippen molar-refractivity contribution in [2.24, 2.45) is 5.73 Å². The van der Waals surface area contributed by atoms with Gasteiger partial charge in [0.25, 0.3) is 11.5 Å². The van der Waals surface area contributed by atoms with Crippen molar-refractivity contribution < 1.29 is 9.59 Å². The van der Waals surface area contributed by atoms with E-state index in [1.807, 2.05) is 6.92 Å². The lowest BCUT2D eigenvalue weighted by atomic mass is 9.95. The molecule has 4 N–H and O–H groups in total. The summed E-state index contributed by atoms with van der Waals surface area (Å²) in [6.45, 7) is 1.39. The minimum absolute atomic E-state index is 0.346. The molecule has 0 fully saturated rings. The maximum absolute atomic E-state index is 12.6. The van der Waals surface area contributed by atoms with E-state index in [0.29, 0.717) is 20.8 Å². The highest BCUT2D eigenvalue weighted by Crippen LogP contribution is 2.37. The predicted molar refractivity (Wildman–Crippen MR) is 110 cm³/mol. The van der Waals surface area contributed by atoms with Crippen LogP contribution in [0.25, 0.3) is 10.2 Å². The van der Waals surface area contributed by atoms with Crippen molar-refractivity contribution in [3.63, 3.8) is 0 Å². The molecular formula is C18H18N4O4S2. The molecule has 1 aliphatic carbocycles. The van der Waals surface area contributed by atoms with Gasteiger partial charge >= 0.3 is 5.69 Å². The lowest BCUT2D eigenvalue weighted by Gasteiger charge is -2.11. The van der Waals surface area contributed by atoms with Gasteiger partial charge in [0.2, 0.25) is 5.91 Å². The molecule has 0 saturated heterocycles. The van der Waals surface area contributed by atoms with Crippen LogP contribution in [0.15, 0.2) is 15.7 Å². The fourth-order valence-electron chi connectivity index (χ4n) is 3.54. The van der Waals surface area contributed by atoms with Crippen molar-refractivity contribution in [2.75, 3.05) is 5.32 Å². The second-order valence-electron chi connectivity index (χ2n) is 6.75. The number of hydrogen-bond acceptors (Lipinski definition) is 6. The molecule has 10 heteroatoms. The van der Waals surface area contributed by atoms with E-state index in [4.69, 9.17) is 5.73 Å². The molecule has 0 bridgehead atoms. The van der Waals surface area contributed by atoms with E-state index in [2.05, 4.69) is 10.3 Å². The van der Waals surface area contributed by atoms with Crippen LogP contribution in [0.2, 0.25) is 0 Å². The number of amides is 2. The molecule has 0 radical (unpaired) electrons. The molecule has 0 aromatic carbocycles. The molecule has 0 aliphatic heterocycles. The molecule has 4 rings (SSSR count). The summed E-state index contributed by atoms with van der Waals surface area (Å²) in [6.07, 6.45) is 3.61. The second kappa shape index (κ2) is 7.02. The van der Waals surface area contributed by atoms with Gasteiger partial charge in [-0.2, -0.15) is 0 Å². The third-order valence-corrected chi connectivity index (χ3v) is 6.94. The van der Waals surface area contributed by atoms with E-state index in [1.165, 1.54) is 22.7 Å². The van der Waals surface area contributed by atoms with Crippen LogP contribution in [0, 0.1) is 6.92 Å². The maximum atomic E-state index is 12.6. The van der Waals surface area contributed by atoms with E-state index in [9.17, 15) is 19.2 Å². The Balaban J connectivity index is 1.65. The Kier molecular flexibility index (Phi) is 4.68. The van der Waals surface area contributed by atoms with Gasteiger partial charge in [-0.25, -0.2) is 4.79 Å². The molecule has 2 amide bonds. The Morgan fingerprint density at radius 3 is 2.75 bits per heavy atom. The van der Waals surface area contributed by atoms with Gasteiger partial charge in [-0.1, -0.05) is 0 Å². The highest BCUT2D eigenvalue weighted by molar-refractivity contribution is 7.18. The van der Waals surface area contributed by atoms with E-state index in [0.717, 1.165) is 45.6 Å². The van der Waals surface area contributed by atoms with E-state index < -0.39 is 29.6 Å². The number of fused-ring (bicyclic) bond motifs is 2. The highest BCUT2D eigenvalue weighted by atomic mass is 32.1. The van der Waals surface area contributed by atoms with Gasteiger partial charge in [0.1, 0.15) is 16.4 Å². The zero-order chi connectivity index (χ0) is 20.0. The third kappa shape index (κ3) is 3.18. The van der Waals surface area contributed by atoms with Crippen LogP contribution in [0.4, 0.5) is 5.00 Å². The number of carbonyl (C=O) groups is 2. The van der Waals surface area contributed by atoms with Crippen LogP contribution >= 0.6 is 22.7 Å². The number of carbonyl (C=O) groups excluding carboxylic acids is 2. The van der Waals surface area contributed by atoms with Crippen LogP contribution in [-0.2, 0) is 24.2 Å². The van der Waals surface area contributed by atoms with Crippen molar-refractivity contribution in [1.82, 2.24) is 9.55 Å². The molecule has 28 heavy (non-hydrogen) atoms. The summed E-state index contributed by atoms with van der Waals surface area (Å²) in [5.74, 6) is -1.14. The second-order valence-corrected chi connectivity index (χ2v) is 9.11. The molecule has 3 aromatic rings. The van der Waals surface area contributed by atoms with Gasteiger partial charge in [0.05, 0.1) is 10.9 Å². The lowest BCUT2D eigenvalue weighted by Crippen LogP contribution is -2.38. The molecule has 1 aliphatic rings. The summed E-state index contributed by atoms with van der Waals surface area (Å²) in [6, 6.07) is 1.69. The smallest absolute Gasteiger partial charge is 0.329 e. The molecule has 3 aromatic heterocycles. The number of nitrogens with one attached hydrogen (secondary N) is 2. The van der Waals surface area contributed by atoms with E-state index in [-0.39, 0.29) is 0 Å². The average Bonchev–Trinajstić information content (AvgIpc) is 3.18. The van der Waals surface area contributed by atoms with Crippen LogP contribution < -0.4 is 22.3 Å². The number of aryl methyl sites for hydroxylation is 2.